The molecule has 7 nitrogen and oxygen atoms in total. The molecule has 0 radical (unpaired) electrons. The second-order valence-corrected chi connectivity index (χ2v) is 6.61. The van der Waals surface area contributed by atoms with Crippen LogP contribution in [-0.4, -0.2) is 40.5 Å². The van der Waals surface area contributed by atoms with Gasteiger partial charge in [0, 0.05) is 24.6 Å². The molecule has 0 saturated carbocycles. The molecule has 1 atom stereocenters. The third-order valence-electron chi connectivity index (χ3n) is 3.66. The van der Waals surface area contributed by atoms with Crippen LogP contribution >= 0.6 is 11.3 Å². The number of carbonyl (C=O) groups is 2. The summed E-state index contributed by atoms with van der Waals surface area (Å²) in [7, 11) is 1.66. The lowest BCUT2D eigenvalue weighted by molar-refractivity contribution is -0.136. The molecule has 0 bridgehead atoms. The van der Waals surface area contributed by atoms with E-state index in [2.05, 4.69) is 4.98 Å². The van der Waals surface area contributed by atoms with Gasteiger partial charge in [0.05, 0.1) is 24.1 Å². The van der Waals surface area contributed by atoms with Crippen molar-refractivity contribution in [2.75, 3.05) is 13.7 Å². The Labute approximate surface area is 150 Å². The van der Waals surface area contributed by atoms with E-state index in [0.717, 1.165) is 10.7 Å². The summed E-state index contributed by atoms with van der Waals surface area (Å²) in [6, 6.07) is 0. The van der Waals surface area contributed by atoms with Crippen molar-refractivity contribution in [3.05, 3.63) is 39.2 Å². The van der Waals surface area contributed by atoms with E-state index >= 15 is 0 Å². The first-order chi connectivity index (χ1) is 11.8. The molecule has 0 spiro atoms. The van der Waals surface area contributed by atoms with Crippen LogP contribution in [0.15, 0.2) is 16.1 Å². The van der Waals surface area contributed by atoms with Crippen molar-refractivity contribution in [3.63, 3.8) is 0 Å². The molecule has 1 amide bonds. The summed E-state index contributed by atoms with van der Waals surface area (Å²) in [4.78, 5) is 29.6. The Morgan fingerprint density at radius 3 is 2.84 bits per heavy atom. The Kier molecular flexibility index (Phi) is 6.33. The summed E-state index contributed by atoms with van der Waals surface area (Å²) in [6.07, 6.45) is 1.00. The first-order valence-corrected chi connectivity index (χ1v) is 8.81. The summed E-state index contributed by atoms with van der Waals surface area (Å²) >= 11 is 1.49. The SMILES string of the molecule is CCOC(C)c1nc(CN(C)C(=O)c2c(C)coc2CC(=O)O)cs1. The Bertz CT molecular complexity index is 752. The normalized spacial score (nSPS) is 12.2. The molecule has 0 fully saturated rings. The van der Waals surface area contributed by atoms with Crippen LogP contribution in [0.1, 0.15) is 52.3 Å². The number of rotatable bonds is 8. The van der Waals surface area contributed by atoms with Crippen LogP contribution in [0, 0.1) is 6.92 Å². The molecule has 0 aliphatic carbocycles. The maximum absolute atomic E-state index is 12.7. The van der Waals surface area contributed by atoms with Crippen molar-refractivity contribution in [2.45, 2.75) is 39.8 Å². The monoisotopic (exact) mass is 366 g/mol. The standard InChI is InChI=1S/C17H22N2O5S/c1-5-23-11(3)16-18-12(9-25-16)7-19(4)17(22)15-10(2)8-24-13(15)6-14(20)21/h8-9,11H,5-7H2,1-4H3,(H,20,21). The number of carboxylic acids is 1. The van der Waals surface area contributed by atoms with Gasteiger partial charge >= 0.3 is 5.97 Å². The average Bonchev–Trinajstić information content (AvgIpc) is 3.13. The number of furan rings is 1. The fourth-order valence-corrected chi connectivity index (χ4v) is 3.28. The molecule has 0 aromatic carbocycles. The summed E-state index contributed by atoms with van der Waals surface area (Å²) in [5, 5.41) is 11.7. The van der Waals surface area contributed by atoms with Crippen LogP contribution in [0.5, 0.6) is 0 Å². The number of aryl methyl sites for hydroxylation is 1. The molecule has 0 aliphatic rings. The number of aliphatic carboxylic acids is 1. The van der Waals surface area contributed by atoms with Gasteiger partial charge in [-0.1, -0.05) is 0 Å². The molecule has 2 aromatic rings. The van der Waals surface area contributed by atoms with E-state index in [0.29, 0.717) is 24.3 Å². The molecule has 0 aliphatic heterocycles. The molecular formula is C17H22N2O5S. The lowest BCUT2D eigenvalue weighted by Gasteiger charge is -2.16. The zero-order valence-corrected chi connectivity index (χ0v) is 15.6. The van der Waals surface area contributed by atoms with Gasteiger partial charge in [-0.3, -0.25) is 9.59 Å². The molecule has 1 N–H and O–H groups in total. The first-order valence-electron chi connectivity index (χ1n) is 7.93. The highest BCUT2D eigenvalue weighted by molar-refractivity contribution is 7.09. The second-order valence-electron chi connectivity index (χ2n) is 5.72. The van der Waals surface area contributed by atoms with Crippen molar-refractivity contribution in [2.24, 2.45) is 0 Å². The minimum absolute atomic E-state index is 0.0805. The van der Waals surface area contributed by atoms with Crippen molar-refractivity contribution >= 4 is 23.2 Å². The molecule has 25 heavy (non-hydrogen) atoms. The number of aromatic nitrogens is 1. The minimum atomic E-state index is -1.04. The van der Waals surface area contributed by atoms with Gasteiger partial charge in [0.15, 0.2) is 0 Å². The predicted molar refractivity (Wildman–Crippen MR) is 92.7 cm³/mol. The van der Waals surface area contributed by atoms with Gasteiger partial charge in [-0.15, -0.1) is 11.3 Å². The number of hydrogen-bond acceptors (Lipinski definition) is 6. The molecule has 0 saturated heterocycles. The van der Waals surface area contributed by atoms with Crippen molar-refractivity contribution in [1.82, 2.24) is 9.88 Å². The number of carboxylic acid groups (broad SMARTS) is 1. The van der Waals surface area contributed by atoms with Crippen molar-refractivity contribution in [1.29, 1.82) is 0 Å². The van der Waals surface area contributed by atoms with Crippen molar-refractivity contribution in [3.8, 4) is 0 Å². The Hall–Kier alpha value is -2.19. The predicted octanol–water partition coefficient (Wildman–Crippen LogP) is 3.04. The van der Waals surface area contributed by atoms with E-state index in [1.165, 1.54) is 22.5 Å². The van der Waals surface area contributed by atoms with E-state index in [-0.39, 0.29) is 24.2 Å². The number of ether oxygens (including phenoxy) is 1. The fraction of sp³-hybridized carbons (Fsp3) is 0.471. The first kappa shape index (κ1) is 19.1. The van der Waals surface area contributed by atoms with E-state index in [4.69, 9.17) is 14.3 Å². The summed E-state index contributed by atoms with van der Waals surface area (Å²) in [5.41, 5.74) is 1.70. The van der Waals surface area contributed by atoms with Crippen LogP contribution in [0.25, 0.3) is 0 Å². The third kappa shape index (κ3) is 4.67. The van der Waals surface area contributed by atoms with E-state index in [9.17, 15) is 9.59 Å². The van der Waals surface area contributed by atoms with Gasteiger partial charge in [-0.2, -0.15) is 0 Å². The molecule has 8 heteroatoms. The third-order valence-corrected chi connectivity index (χ3v) is 4.71. The number of nitrogens with zero attached hydrogens (tertiary/aromatic N) is 2. The van der Waals surface area contributed by atoms with Crippen LogP contribution in [0.3, 0.4) is 0 Å². The summed E-state index contributed by atoms with van der Waals surface area (Å²) < 4.78 is 10.8. The second kappa shape index (κ2) is 8.26. The van der Waals surface area contributed by atoms with Crippen LogP contribution in [0.4, 0.5) is 0 Å². The van der Waals surface area contributed by atoms with Crippen LogP contribution in [0.2, 0.25) is 0 Å². The lowest BCUT2D eigenvalue weighted by Crippen LogP contribution is -2.27. The topological polar surface area (TPSA) is 92.9 Å². The Morgan fingerprint density at radius 2 is 2.20 bits per heavy atom. The molecule has 2 heterocycles. The summed E-state index contributed by atoms with van der Waals surface area (Å²) in [5.74, 6) is -1.15. The lowest BCUT2D eigenvalue weighted by atomic mass is 10.1. The van der Waals surface area contributed by atoms with Gasteiger partial charge < -0.3 is 19.2 Å². The van der Waals surface area contributed by atoms with Gasteiger partial charge in [-0.05, 0) is 20.8 Å². The minimum Gasteiger partial charge on any atom is -0.481 e. The zero-order chi connectivity index (χ0) is 18.6. The largest absolute Gasteiger partial charge is 0.481 e. The smallest absolute Gasteiger partial charge is 0.311 e. The van der Waals surface area contributed by atoms with Crippen LogP contribution in [-0.2, 0) is 22.5 Å². The molecule has 136 valence electrons. The number of hydrogen-bond donors (Lipinski definition) is 1. The number of carbonyl (C=O) groups excluding carboxylic acids is 1. The van der Waals surface area contributed by atoms with E-state index in [1.54, 1.807) is 14.0 Å². The van der Waals surface area contributed by atoms with Crippen LogP contribution < -0.4 is 0 Å². The Morgan fingerprint density at radius 1 is 1.48 bits per heavy atom. The van der Waals surface area contributed by atoms with E-state index in [1.807, 2.05) is 19.2 Å². The van der Waals surface area contributed by atoms with Gasteiger partial charge in [0.25, 0.3) is 5.91 Å². The zero-order valence-electron chi connectivity index (χ0n) is 14.7. The quantitative estimate of drug-likeness (QED) is 0.772. The highest BCUT2D eigenvalue weighted by Crippen LogP contribution is 2.23. The number of thiazole rings is 1. The molecule has 1 unspecified atom stereocenters. The highest BCUT2D eigenvalue weighted by Gasteiger charge is 2.24. The van der Waals surface area contributed by atoms with Gasteiger partial charge in [-0.25, -0.2) is 4.98 Å². The Balaban J connectivity index is 2.11. The maximum Gasteiger partial charge on any atom is 0.311 e. The number of amides is 1. The average molecular weight is 366 g/mol. The molecular weight excluding hydrogens is 344 g/mol. The fourth-order valence-electron chi connectivity index (χ4n) is 2.46. The maximum atomic E-state index is 12.7. The van der Waals surface area contributed by atoms with E-state index < -0.39 is 5.97 Å². The molecule has 2 aromatic heterocycles. The highest BCUT2D eigenvalue weighted by atomic mass is 32.1. The summed E-state index contributed by atoms with van der Waals surface area (Å²) in [6.45, 7) is 6.53. The van der Waals surface area contributed by atoms with Crippen molar-refractivity contribution < 1.29 is 23.8 Å². The van der Waals surface area contributed by atoms with Gasteiger partial charge in [0.2, 0.25) is 0 Å². The molecule has 2 rings (SSSR count). The van der Waals surface area contributed by atoms with Gasteiger partial charge in [0.1, 0.15) is 23.3 Å².